The van der Waals surface area contributed by atoms with E-state index in [1.807, 2.05) is 0 Å². The molecular weight excluding hydrogens is 387 g/mol. The van der Waals surface area contributed by atoms with Gasteiger partial charge < -0.3 is 10.2 Å². The summed E-state index contributed by atoms with van der Waals surface area (Å²) in [7, 11) is -4.84. The van der Waals surface area contributed by atoms with Gasteiger partial charge in [-0.15, -0.1) is 0 Å². The van der Waals surface area contributed by atoms with Crippen molar-refractivity contribution < 1.29 is 37.5 Å². The zero-order chi connectivity index (χ0) is 21.1. The van der Waals surface area contributed by atoms with Crippen molar-refractivity contribution in [2.45, 2.75) is 80.1 Å². The largest absolute Gasteiger partial charge is 0.481 e. The second-order valence-electron chi connectivity index (χ2n) is 6.38. The fourth-order valence-electron chi connectivity index (χ4n) is 2.17. The van der Waals surface area contributed by atoms with Crippen molar-refractivity contribution >= 4 is 50.0 Å². The van der Waals surface area contributed by atoms with Crippen LogP contribution in [0.15, 0.2) is 0 Å². The molecule has 0 aliphatic rings. The Balaban J connectivity index is 0. The normalized spacial score (nSPS) is 12.1. The molecular formula is C17H33NaO8S. The summed E-state index contributed by atoms with van der Waals surface area (Å²) in [5, 5.41) is 13.9. The van der Waals surface area contributed by atoms with Gasteiger partial charge in [-0.3, -0.25) is 14.1 Å². The first-order chi connectivity index (χ1) is 12.7. The van der Waals surface area contributed by atoms with E-state index in [1.165, 1.54) is 89.4 Å². The van der Waals surface area contributed by atoms with Crippen molar-refractivity contribution in [2.24, 2.45) is 0 Å². The van der Waals surface area contributed by atoms with Crippen LogP contribution >= 0.6 is 0 Å². The van der Waals surface area contributed by atoms with Crippen LogP contribution in [0.5, 0.6) is 0 Å². The maximum absolute atomic E-state index is 10.2. The maximum atomic E-state index is 10.2. The van der Waals surface area contributed by atoms with Gasteiger partial charge in [-0.05, 0) is 0 Å². The first-order valence-corrected chi connectivity index (χ1v) is 12.6. The Morgan fingerprint density at radius 2 is 1.41 bits per heavy atom. The van der Waals surface area contributed by atoms with E-state index in [0.29, 0.717) is 0 Å². The number of carboxylic acid groups (broad SMARTS) is 2. The monoisotopic (exact) mass is 420 g/mol. The van der Waals surface area contributed by atoms with Gasteiger partial charge in [0.1, 0.15) is 0 Å². The number of unbranched alkanes of at least 4 members (excludes halogenated alkanes) is 7. The van der Waals surface area contributed by atoms with Gasteiger partial charge in [-0.1, -0.05) is 13.3 Å². The number of hydrogen-bond donors (Lipinski definition) is 3. The van der Waals surface area contributed by atoms with Gasteiger partial charge in [0.2, 0.25) is 0 Å². The molecule has 0 aromatic carbocycles. The van der Waals surface area contributed by atoms with Gasteiger partial charge in [-0.25, -0.2) is 0 Å². The third-order valence-electron chi connectivity index (χ3n) is 3.78. The van der Waals surface area contributed by atoms with E-state index in [9.17, 15) is 18.0 Å². The van der Waals surface area contributed by atoms with Crippen molar-refractivity contribution in [1.82, 2.24) is 0 Å². The number of ether oxygens (including phenoxy) is 1. The predicted octanol–water partition coefficient (Wildman–Crippen LogP) is 2.92. The number of hydrogen-bond acceptors (Lipinski definition) is 5. The fraction of sp³-hybridized carbons (Fsp3) is 0.882. The molecule has 0 aliphatic carbocycles. The van der Waals surface area contributed by atoms with Gasteiger partial charge in [0, 0.05) is 0 Å². The molecule has 0 fully saturated rings. The SMILES string of the molecule is CCCCCCCCCCOCC[CH2][Na].O=C(O)CC(C(=O)O)S(=O)(=O)O. The zero-order valence-electron chi connectivity index (χ0n) is 16.6. The number of aliphatic carboxylic acids is 2. The summed E-state index contributed by atoms with van der Waals surface area (Å²) < 4.78 is 35.6. The van der Waals surface area contributed by atoms with E-state index in [0.717, 1.165) is 13.2 Å². The maximum Gasteiger partial charge on any atom is 0.325 e. The Morgan fingerprint density at radius 1 is 0.926 bits per heavy atom. The summed E-state index contributed by atoms with van der Waals surface area (Å²) in [6.45, 7) is 4.27. The Kier molecular flexibility index (Phi) is 20.6. The summed E-state index contributed by atoms with van der Waals surface area (Å²) in [4.78, 5) is 20.0. The molecule has 27 heavy (non-hydrogen) atoms. The summed E-state index contributed by atoms with van der Waals surface area (Å²) in [6.07, 6.45) is 11.3. The summed E-state index contributed by atoms with van der Waals surface area (Å²) >= 11 is 1.33. The second-order valence-corrected chi connectivity index (χ2v) is 8.98. The van der Waals surface area contributed by atoms with Gasteiger partial charge in [-0.2, -0.15) is 8.42 Å². The third-order valence-corrected chi connectivity index (χ3v) is 5.57. The molecule has 0 saturated heterocycles. The van der Waals surface area contributed by atoms with Crippen molar-refractivity contribution in [3.05, 3.63) is 0 Å². The van der Waals surface area contributed by atoms with Crippen molar-refractivity contribution in [1.29, 1.82) is 0 Å². The standard InChI is InChI=1S/C13H27O.C4H6O7S.Na/c1-3-5-6-7-8-9-10-11-13-14-12-4-2;5-3(6)1-2(4(7)8)12(9,10)11;/h2-13H2,1H3;2H,1H2,(H,5,6)(H,7,8)(H,9,10,11);. The fourth-order valence-corrected chi connectivity index (χ4v) is 3.06. The van der Waals surface area contributed by atoms with Crippen LogP contribution in [0, 0.1) is 0 Å². The zero-order valence-corrected chi connectivity index (χ0v) is 19.4. The van der Waals surface area contributed by atoms with Crippen LogP contribution in [0.3, 0.4) is 0 Å². The van der Waals surface area contributed by atoms with Crippen LogP contribution in [-0.4, -0.2) is 81.5 Å². The Labute approximate surface area is 180 Å². The molecule has 3 N–H and O–H groups in total. The second kappa shape index (κ2) is 19.1. The molecule has 0 aromatic rings. The van der Waals surface area contributed by atoms with E-state index in [-0.39, 0.29) is 0 Å². The minimum atomic E-state index is -4.84. The number of carbonyl (C=O) groups is 2. The molecule has 0 rings (SSSR count). The molecule has 8 nitrogen and oxygen atoms in total. The van der Waals surface area contributed by atoms with Crippen LogP contribution in [0.4, 0.5) is 0 Å². The van der Waals surface area contributed by atoms with E-state index in [4.69, 9.17) is 19.5 Å². The molecule has 0 aromatic heterocycles. The average Bonchev–Trinajstić information content (AvgIpc) is 2.57. The molecule has 0 heterocycles. The first-order valence-electron chi connectivity index (χ1n) is 9.65. The average molecular weight is 421 g/mol. The minimum absolute atomic E-state index is 0.997. The molecule has 0 saturated carbocycles. The molecule has 1 atom stereocenters. The minimum Gasteiger partial charge on any atom is -0.481 e. The van der Waals surface area contributed by atoms with Crippen LogP contribution in [0.1, 0.15) is 71.1 Å². The third kappa shape index (κ3) is 22.0. The molecule has 156 valence electrons. The quantitative estimate of drug-likeness (QED) is 0.197. The smallest absolute Gasteiger partial charge is 0.325 e. The molecule has 0 bridgehead atoms. The Hall–Kier alpha value is -0.190. The Morgan fingerprint density at radius 3 is 1.78 bits per heavy atom. The van der Waals surface area contributed by atoms with Crippen molar-refractivity contribution in [2.75, 3.05) is 13.2 Å². The van der Waals surface area contributed by atoms with Crippen LogP contribution in [-0.2, 0) is 24.4 Å². The molecule has 0 aliphatic heterocycles. The van der Waals surface area contributed by atoms with Crippen LogP contribution in [0.25, 0.3) is 0 Å². The van der Waals surface area contributed by atoms with Gasteiger partial charge in [0.25, 0.3) is 10.1 Å². The van der Waals surface area contributed by atoms with E-state index in [2.05, 4.69) is 6.92 Å². The van der Waals surface area contributed by atoms with Gasteiger partial charge in [0.05, 0.1) is 6.42 Å². The van der Waals surface area contributed by atoms with Crippen LogP contribution in [0.2, 0.25) is 3.67 Å². The van der Waals surface area contributed by atoms with E-state index >= 15 is 0 Å². The molecule has 10 heteroatoms. The van der Waals surface area contributed by atoms with Crippen molar-refractivity contribution in [3.63, 3.8) is 0 Å². The summed E-state index contributed by atoms with van der Waals surface area (Å²) in [5.41, 5.74) is 0. The number of carboxylic acids is 2. The molecule has 0 spiro atoms. The predicted molar refractivity (Wildman–Crippen MR) is 104 cm³/mol. The van der Waals surface area contributed by atoms with E-state index in [1.54, 1.807) is 0 Å². The number of rotatable bonds is 16. The van der Waals surface area contributed by atoms with Gasteiger partial charge in [0.15, 0.2) is 5.25 Å². The first kappa shape index (κ1) is 29.0. The van der Waals surface area contributed by atoms with Crippen LogP contribution < -0.4 is 0 Å². The van der Waals surface area contributed by atoms with Gasteiger partial charge >= 0.3 is 113 Å². The molecule has 0 radical (unpaired) electrons. The van der Waals surface area contributed by atoms with Crippen molar-refractivity contribution in [3.8, 4) is 0 Å². The Bertz CT molecular complexity index is 469. The molecule has 0 amide bonds. The summed E-state index contributed by atoms with van der Waals surface area (Å²) in [6, 6.07) is 0. The van der Waals surface area contributed by atoms with E-state index < -0.39 is 33.7 Å². The molecule has 1 unspecified atom stereocenters. The topological polar surface area (TPSA) is 138 Å². The summed E-state index contributed by atoms with van der Waals surface area (Å²) in [5.74, 6) is -3.50.